The molecule has 1 N–H and O–H groups in total. The molecule has 0 unspecified atom stereocenters. The maximum absolute atomic E-state index is 12.2. The minimum absolute atomic E-state index is 0.134. The van der Waals surface area contributed by atoms with E-state index in [0.717, 1.165) is 0 Å². The Kier molecular flexibility index (Phi) is 7.68. The van der Waals surface area contributed by atoms with E-state index in [4.69, 9.17) is 9.47 Å². The molecule has 1 amide bonds. The van der Waals surface area contributed by atoms with Crippen molar-refractivity contribution in [2.24, 2.45) is 0 Å². The summed E-state index contributed by atoms with van der Waals surface area (Å²) in [4.78, 5) is 35.7. The number of carbonyl (C=O) groups excluding carboxylic acids is 3. The zero-order valence-electron chi connectivity index (χ0n) is 16.1. The number of hydrogen-bond donors (Lipinski definition) is 1. The maximum Gasteiger partial charge on any atom is 0.349 e. The normalized spacial score (nSPS) is 10.6. The summed E-state index contributed by atoms with van der Waals surface area (Å²) in [5, 5.41) is 11.9. The fraction of sp³-hybridized carbons (Fsp3) is 0.182. The molecule has 0 aromatic heterocycles. The number of nitrogens with one attached hydrogen (secondary N) is 1. The molecule has 0 saturated heterocycles. The van der Waals surface area contributed by atoms with Crippen molar-refractivity contribution in [1.82, 2.24) is 0 Å². The van der Waals surface area contributed by atoms with Crippen LogP contribution in [-0.4, -0.2) is 31.4 Å². The lowest BCUT2D eigenvalue weighted by atomic mass is 10.1. The molecule has 0 radical (unpaired) electrons. The Morgan fingerprint density at radius 3 is 2.28 bits per heavy atom. The fourth-order valence-electron chi connectivity index (χ4n) is 2.28. The van der Waals surface area contributed by atoms with Crippen LogP contribution in [0.5, 0.6) is 5.75 Å². The van der Waals surface area contributed by atoms with Crippen molar-refractivity contribution in [3.63, 3.8) is 0 Å². The molecule has 0 spiro atoms. The number of hydrogen-bond acceptors (Lipinski definition) is 6. The van der Waals surface area contributed by atoms with E-state index >= 15 is 0 Å². The number of esters is 1. The van der Waals surface area contributed by atoms with Gasteiger partial charge in [-0.15, -0.1) is 0 Å². The third-order valence-electron chi connectivity index (χ3n) is 3.91. The molecule has 7 nitrogen and oxygen atoms in total. The molecule has 0 saturated carbocycles. The van der Waals surface area contributed by atoms with Gasteiger partial charge in [-0.05, 0) is 48.0 Å². The van der Waals surface area contributed by atoms with E-state index in [0.29, 0.717) is 29.0 Å². The van der Waals surface area contributed by atoms with E-state index in [1.165, 1.54) is 25.3 Å². The van der Waals surface area contributed by atoms with Gasteiger partial charge >= 0.3 is 5.97 Å². The first-order valence-corrected chi connectivity index (χ1v) is 8.83. The smallest absolute Gasteiger partial charge is 0.349 e. The van der Waals surface area contributed by atoms with Gasteiger partial charge in [0.25, 0.3) is 0 Å². The van der Waals surface area contributed by atoms with Crippen molar-refractivity contribution in [3.05, 3.63) is 65.2 Å². The van der Waals surface area contributed by atoms with Crippen LogP contribution in [0.4, 0.5) is 5.69 Å². The molecule has 0 fully saturated rings. The Morgan fingerprint density at radius 1 is 1.07 bits per heavy atom. The first-order chi connectivity index (χ1) is 14.0. The highest BCUT2D eigenvalue weighted by atomic mass is 16.5. The van der Waals surface area contributed by atoms with Crippen LogP contribution in [0.1, 0.15) is 29.3 Å². The van der Waals surface area contributed by atoms with Gasteiger partial charge in [0.1, 0.15) is 17.4 Å². The van der Waals surface area contributed by atoms with E-state index in [2.05, 4.69) is 5.32 Å². The number of methoxy groups -OCH3 is 1. The van der Waals surface area contributed by atoms with Crippen molar-refractivity contribution < 1.29 is 23.9 Å². The molecule has 0 aliphatic carbocycles. The number of anilines is 1. The van der Waals surface area contributed by atoms with E-state index in [1.54, 1.807) is 49.4 Å². The third-order valence-corrected chi connectivity index (χ3v) is 3.91. The Labute approximate surface area is 168 Å². The molecule has 0 heterocycles. The summed E-state index contributed by atoms with van der Waals surface area (Å²) in [5.74, 6) is -0.795. The molecule has 0 atom stereocenters. The van der Waals surface area contributed by atoms with Crippen molar-refractivity contribution in [2.45, 2.75) is 13.3 Å². The summed E-state index contributed by atoms with van der Waals surface area (Å²) in [6.45, 7) is 1.24. The van der Waals surface area contributed by atoms with Gasteiger partial charge in [-0.1, -0.05) is 19.1 Å². The van der Waals surface area contributed by atoms with E-state index in [-0.39, 0.29) is 11.5 Å². The predicted molar refractivity (Wildman–Crippen MR) is 107 cm³/mol. The predicted octanol–water partition coefficient (Wildman–Crippen LogP) is 3.38. The molecule has 29 heavy (non-hydrogen) atoms. The number of ketones is 1. The highest BCUT2D eigenvalue weighted by Gasteiger charge is 2.14. The minimum atomic E-state index is -0.886. The third kappa shape index (κ3) is 6.33. The second-order valence-electron chi connectivity index (χ2n) is 5.92. The molecule has 0 aliphatic heterocycles. The number of nitrogens with zero attached hydrogens (tertiary/aromatic N) is 1. The fourth-order valence-corrected chi connectivity index (χ4v) is 2.28. The zero-order valence-corrected chi connectivity index (χ0v) is 16.1. The Hall–Kier alpha value is -3.92. The van der Waals surface area contributed by atoms with Gasteiger partial charge in [-0.25, -0.2) is 4.79 Å². The number of rotatable bonds is 8. The average Bonchev–Trinajstić information content (AvgIpc) is 2.76. The SMILES string of the molecule is CCC(=O)Nc1ccc(C(=O)COC(=O)/C(C#N)=C/c2ccc(OC)cc2)cc1. The summed E-state index contributed by atoms with van der Waals surface area (Å²) in [6.07, 6.45) is 1.72. The minimum Gasteiger partial charge on any atom is -0.497 e. The molecule has 7 heteroatoms. The topological polar surface area (TPSA) is 105 Å². The molecule has 2 rings (SSSR count). The van der Waals surface area contributed by atoms with Crippen LogP contribution in [0.25, 0.3) is 6.08 Å². The van der Waals surface area contributed by atoms with Crippen LogP contribution in [0, 0.1) is 11.3 Å². The van der Waals surface area contributed by atoms with Crippen LogP contribution in [0.15, 0.2) is 54.1 Å². The van der Waals surface area contributed by atoms with Gasteiger partial charge in [0.15, 0.2) is 12.4 Å². The van der Waals surface area contributed by atoms with Crippen LogP contribution in [0.3, 0.4) is 0 Å². The number of benzene rings is 2. The Bertz CT molecular complexity index is 954. The second-order valence-corrected chi connectivity index (χ2v) is 5.92. The molecule has 148 valence electrons. The molecule has 2 aromatic rings. The first-order valence-electron chi connectivity index (χ1n) is 8.83. The number of amides is 1. The molecular formula is C22H20N2O5. The Balaban J connectivity index is 1.97. The van der Waals surface area contributed by atoms with Crippen molar-refractivity contribution >= 4 is 29.4 Å². The van der Waals surface area contributed by atoms with Gasteiger partial charge in [0.2, 0.25) is 5.91 Å². The number of Topliss-reactive ketones (excluding diaryl/α,β-unsaturated/α-hetero) is 1. The lowest BCUT2D eigenvalue weighted by molar-refractivity contribution is -0.137. The number of carbonyl (C=O) groups is 3. The van der Waals surface area contributed by atoms with E-state index in [1.807, 2.05) is 0 Å². The summed E-state index contributed by atoms with van der Waals surface area (Å²) >= 11 is 0. The largest absolute Gasteiger partial charge is 0.497 e. The van der Waals surface area contributed by atoms with Gasteiger partial charge in [0.05, 0.1) is 7.11 Å². The summed E-state index contributed by atoms with van der Waals surface area (Å²) in [7, 11) is 1.54. The lowest BCUT2D eigenvalue weighted by Crippen LogP contribution is -2.15. The summed E-state index contributed by atoms with van der Waals surface area (Å²) in [6, 6.07) is 14.8. The van der Waals surface area contributed by atoms with Gasteiger partial charge < -0.3 is 14.8 Å². The van der Waals surface area contributed by atoms with Crippen LogP contribution in [0.2, 0.25) is 0 Å². The van der Waals surface area contributed by atoms with Gasteiger partial charge in [-0.3, -0.25) is 9.59 Å². The van der Waals surface area contributed by atoms with Crippen LogP contribution >= 0.6 is 0 Å². The zero-order chi connectivity index (χ0) is 21.2. The molecular weight excluding hydrogens is 372 g/mol. The van der Waals surface area contributed by atoms with Gasteiger partial charge in [0, 0.05) is 17.7 Å². The monoisotopic (exact) mass is 392 g/mol. The van der Waals surface area contributed by atoms with E-state index in [9.17, 15) is 19.6 Å². The van der Waals surface area contributed by atoms with Crippen LogP contribution in [-0.2, 0) is 14.3 Å². The highest BCUT2D eigenvalue weighted by molar-refractivity contribution is 6.02. The van der Waals surface area contributed by atoms with Gasteiger partial charge in [-0.2, -0.15) is 5.26 Å². The summed E-state index contributed by atoms with van der Waals surface area (Å²) < 4.78 is 10.0. The highest BCUT2D eigenvalue weighted by Crippen LogP contribution is 2.15. The number of ether oxygens (including phenoxy) is 2. The van der Waals surface area contributed by atoms with Crippen molar-refractivity contribution in [2.75, 3.05) is 19.0 Å². The number of nitriles is 1. The average molecular weight is 392 g/mol. The standard InChI is InChI=1S/C22H20N2O5/c1-3-21(26)24-18-8-6-16(7-9-18)20(25)14-29-22(27)17(13-23)12-15-4-10-19(28-2)11-5-15/h4-12H,3,14H2,1-2H3,(H,24,26)/b17-12+. The lowest BCUT2D eigenvalue weighted by Gasteiger charge is -2.06. The molecule has 0 aliphatic rings. The van der Waals surface area contributed by atoms with Crippen molar-refractivity contribution in [1.29, 1.82) is 5.26 Å². The Morgan fingerprint density at radius 2 is 1.72 bits per heavy atom. The maximum atomic E-state index is 12.2. The van der Waals surface area contributed by atoms with E-state index < -0.39 is 18.4 Å². The van der Waals surface area contributed by atoms with Crippen molar-refractivity contribution in [3.8, 4) is 11.8 Å². The quantitative estimate of drug-likeness (QED) is 0.320. The summed E-state index contributed by atoms with van der Waals surface area (Å²) in [5.41, 5.74) is 1.29. The second kappa shape index (κ2) is 10.4. The molecule has 0 bridgehead atoms. The first kappa shape index (κ1) is 21.4. The van der Waals surface area contributed by atoms with Crippen LogP contribution < -0.4 is 10.1 Å². The molecule has 2 aromatic carbocycles.